The minimum atomic E-state index is -0.263. The zero-order chi connectivity index (χ0) is 13.5. The maximum Gasteiger partial charge on any atom is 0.272 e. The van der Waals surface area contributed by atoms with Crippen LogP contribution in [0.5, 0.6) is 0 Å². The van der Waals surface area contributed by atoms with E-state index in [1.807, 2.05) is 6.92 Å². The molecule has 6 nitrogen and oxygen atoms in total. The molecule has 0 aliphatic rings. The fourth-order valence-corrected chi connectivity index (χ4v) is 1.47. The van der Waals surface area contributed by atoms with E-state index in [9.17, 15) is 9.59 Å². The van der Waals surface area contributed by atoms with E-state index in [0.717, 1.165) is 6.42 Å². The summed E-state index contributed by atoms with van der Waals surface area (Å²) in [7, 11) is 1.54. The molecule has 2 amide bonds. The second-order valence-electron chi connectivity index (χ2n) is 3.88. The Morgan fingerprint density at radius 2 is 2.17 bits per heavy atom. The molecule has 0 radical (unpaired) electrons. The Morgan fingerprint density at radius 3 is 2.67 bits per heavy atom. The van der Waals surface area contributed by atoms with Crippen LogP contribution in [0.15, 0.2) is 18.3 Å². The molecule has 3 N–H and O–H groups in total. The molecule has 0 aliphatic carbocycles. The lowest BCUT2D eigenvalue weighted by Crippen LogP contribution is -2.40. The number of aromatic nitrogens is 1. The van der Waals surface area contributed by atoms with Crippen molar-refractivity contribution in [3.63, 3.8) is 0 Å². The zero-order valence-corrected chi connectivity index (χ0v) is 10.6. The molecular formula is C12H18N4O2. The van der Waals surface area contributed by atoms with Crippen molar-refractivity contribution in [3.05, 3.63) is 24.0 Å². The minimum absolute atomic E-state index is 0.0369. The van der Waals surface area contributed by atoms with Gasteiger partial charge in [-0.25, -0.2) is 4.98 Å². The number of carbonyl (C=O) groups excluding carboxylic acids is 2. The van der Waals surface area contributed by atoms with E-state index in [1.54, 1.807) is 19.2 Å². The second-order valence-corrected chi connectivity index (χ2v) is 3.88. The Hall–Kier alpha value is -2.11. The molecule has 98 valence electrons. The van der Waals surface area contributed by atoms with Crippen LogP contribution in [0.2, 0.25) is 0 Å². The third-order valence-corrected chi connectivity index (χ3v) is 2.40. The Morgan fingerprint density at radius 1 is 1.44 bits per heavy atom. The van der Waals surface area contributed by atoms with E-state index in [1.165, 1.54) is 11.1 Å². The van der Waals surface area contributed by atoms with Gasteiger partial charge in [0.25, 0.3) is 5.91 Å². The molecule has 1 aromatic rings. The first-order valence-corrected chi connectivity index (χ1v) is 5.79. The fraction of sp³-hybridized carbons (Fsp3) is 0.417. The summed E-state index contributed by atoms with van der Waals surface area (Å²) in [4.78, 5) is 28.9. The smallest absolute Gasteiger partial charge is 0.272 e. The number of carbonyl (C=O) groups is 2. The molecule has 1 heterocycles. The van der Waals surface area contributed by atoms with Gasteiger partial charge in [0.15, 0.2) is 0 Å². The summed E-state index contributed by atoms with van der Waals surface area (Å²) in [5.41, 5.74) is 6.31. The third-order valence-electron chi connectivity index (χ3n) is 2.40. The van der Waals surface area contributed by atoms with Gasteiger partial charge in [-0.2, -0.15) is 0 Å². The van der Waals surface area contributed by atoms with Crippen molar-refractivity contribution < 1.29 is 9.59 Å². The Kier molecular flexibility index (Phi) is 5.10. The molecule has 1 rings (SSSR count). The predicted molar refractivity (Wildman–Crippen MR) is 68.9 cm³/mol. The van der Waals surface area contributed by atoms with Crippen molar-refractivity contribution in [1.82, 2.24) is 15.2 Å². The maximum atomic E-state index is 12.1. The van der Waals surface area contributed by atoms with Gasteiger partial charge in [-0.3, -0.25) is 9.59 Å². The van der Waals surface area contributed by atoms with Crippen LogP contribution in [-0.2, 0) is 4.79 Å². The molecular weight excluding hydrogens is 232 g/mol. The summed E-state index contributed by atoms with van der Waals surface area (Å²) < 4.78 is 0. The number of nitrogen functional groups attached to an aromatic ring is 1. The van der Waals surface area contributed by atoms with Crippen molar-refractivity contribution in [2.45, 2.75) is 13.3 Å². The summed E-state index contributed by atoms with van der Waals surface area (Å²) in [6.07, 6.45) is 2.20. The maximum absolute atomic E-state index is 12.1. The highest BCUT2D eigenvalue weighted by Gasteiger charge is 2.18. The van der Waals surface area contributed by atoms with E-state index in [4.69, 9.17) is 5.73 Å². The van der Waals surface area contributed by atoms with Crippen LogP contribution in [-0.4, -0.2) is 41.8 Å². The number of nitrogens with one attached hydrogen (secondary N) is 1. The molecule has 0 saturated carbocycles. The highest BCUT2D eigenvalue weighted by molar-refractivity contribution is 5.95. The van der Waals surface area contributed by atoms with Crippen LogP contribution in [0.25, 0.3) is 0 Å². The largest absolute Gasteiger partial charge is 0.397 e. The van der Waals surface area contributed by atoms with Crippen molar-refractivity contribution in [2.75, 3.05) is 25.9 Å². The van der Waals surface area contributed by atoms with Gasteiger partial charge in [0.1, 0.15) is 5.69 Å². The summed E-state index contributed by atoms with van der Waals surface area (Å²) in [6.45, 7) is 2.49. The van der Waals surface area contributed by atoms with Gasteiger partial charge in [0.05, 0.1) is 18.4 Å². The molecule has 0 saturated heterocycles. The zero-order valence-electron chi connectivity index (χ0n) is 10.6. The average molecular weight is 250 g/mol. The number of rotatable bonds is 5. The summed E-state index contributed by atoms with van der Waals surface area (Å²) in [6, 6.07) is 3.18. The normalized spacial score (nSPS) is 9.89. The average Bonchev–Trinajstić information content (AvgIpc) is 2.38. The van der Waals surface area contributed by atoms with E-state index in [2.05, 4.69) is 10.3 Å². The number of hydrogen-bond acceptors (Lipinski definition) is 4. The first kappa shape index (κ1) is 14.0. The molecule has 0 unspecified atom stereocenters. The quantitative estimate of drug-likeness (QED) is 0.784. The van der Waals surface area contributed by atoms with Gasteiger partial charge in [-0.15, -0.1) is 0 Å². The molecule has 0 aromatic carbocycles. The van der Waals surface area contributed by atoms with Crippen LogP contribution >= 0.6 is 0 Å². The predicted octanol–water partition coefficient (Wildman–Crippen LogP) is 0.262. The highest BCUT2D eigenvalue weighted by atomic mass is 16.2. The number of nitrogens with two attached hydrogens (primary N) is 1. The van der Waals surface area contributed by atoms with Crippen LogP contribution < -0.4 is 11.1 Å². The van der Waals surface area contributed by atoms with Crippen LogP contribution in [0.1, 0.15) is 23.8 Å². The fourth-order valence-electron chi connectivity index (χ4n) is 1.47. The van der Waals surface area contributed by atoms with Crippen molar-refractivity contribution in [3.8, 4) is 0 Å². The summed E-state index contributed by atoms with van der Waals surface area (Å²) in [5.74, 6) is -0.465. The Labute approximate surface area is 106 Å². The Balaban J connectivity index is 2.81. The molecule has 0 spiro atoms. The first-order chi connectivity index (χ1) is 8.58. The highest BCUT2D eigenvalue weighted by Crippen LogP contribution is 2.05. The van der Waals surface area contributed by atoms with Crippen molar-refractivity contribution in [2.24, 2.45) is 0 Å². The molecule has 0 bridgehead atoms. The molecule has 1 aromatic heterocycles. The van der Waals surface area contributed by atoms with Gasteiger partial charge >= 0.3 is 0 Å². The molecule has 0 fully saturated rings. The summed E-state index contributed by atoms with van der Waals surface area (Å²) in [5, 5.41) is 2.50. The van der Waals surface area contributed by atoms with Gasteiger partial charge in [-0.1, -0.05) is 6.92 Å². The standard InChI is InChI=1S/C12H18N4O2/c1-3-6-16(8-11(17)14-2)12(18)10-5-4-9(13)7-15-10/h4-5,7H,3,6,8,13H2,1-2H3,(H,14,17). The lowest BCUT2D eigenvalue weighted by molar-refractivity contribution is -0.121. The lowest BCUT2D eigenvalue weighted by atomic mass is 10.2. The van der Waals surface area contributed by atoms with Gasteiger partial charge in [0, 0.05) is 13.6 Å². The first-order valence-electron chi connectivity index (χ1n) is 5.79. The van der Waals surface area contributed by atoms with Crippen molar-refractivity contribution in [1.29, 1.82) is 0 Å². The SMILES string of the molecule is CCCN(CC(=O)NC)C(=O)c1ccc(N)cn1. The van der Waals surface area contributed by atoms with Gasteiger partial charge in [0.2, 0.25) is 5.91 Å². The number of amides is 2. The number of pyridine rings is 1. The monoisotopic (exact) mass is 250 g/mol. The third kappa shape index (κ3) is 3.73. The molecule has 0 aliphatic heterocycles. The number of nitrogens with zero attached hydrogens (tertiary/aromatic N) is 2. The van der Waals surface area contributed by atoms with Gasteiger partial charge < -0.3 is 16.0 Å². The lowest BCUT2D eigenvalue weighted by Gasteiger charge is -2.20. The Bertz CT molecular complexity index is 417. The van der Waals surface area contributed by atoms with Crippen molar-refractivity contribution >= 4 is 17.5 Å². The number of anilines is 1. The van der Waals surface area contributed by atoms with Crippen LogP contribution in [0.4, 0.5) is 5.69 Å². The molecule has 0 atom stereocenters. The molecule has 6 heteroatoms. The minimum Gasteiger partial charge on any atom is -0.397 e. The van der Waals surface area contributed by atoms with Crippen LogP contribution in [0.3, 0.4) is 0 Å². The van der Waals surface area contributed by atoms with E-state index in [-0.39, 0.29) is 18.4 Å². The van der Waals surface area contributed by atoms with E-state index >= 15 is 0 Å². The topological polar surface area (TPSA) is 88.3 Å². The number of hydrogen-bond donors (Lipinski definition) is 2. The number of likely N-dealkylation sites (N-methyl/N-ethyl adjacent to an activating group) is 1. The van der Waals surface area contributed by atoms with E-state index in [0.29, 0.717) is 17.9 Å². The van der Waals surface area contributed by atoms with Crippen LogP contribution in [0, 0.1) is 0 Å². The summed E-state index contributed by atoms with van der Waals surface area (Å²) >= 11 is 0. The molecule has 18 heavy (non-hydrogen) atoms. The second kappa shape index (κ2) is 6.58. The van der Waals surface area contributed by atoms with E-state index < -0.39 is 0 Å². The van der Waals surface area contributed by atoms with Gasteiger partial charge in [-0.05, 0) is 18.6 Å².